The van der Waals surface area contributed by atoms with Gasteiger partial charge in [-0.15, -0.1) is 0 Å². The van der Waals surface area contributed by atoms with Gasteiger partial charge < -0.3 is 10.6 Å². The molecule has 4 aromatic rings. The average molecular weight is 427 g/mol. The third kappa shape index (κ3) is 4.19. The van der Waals surface area contributed by atoms with E-state index in [1.165, 1.54) is 0 Å². The van der Waals surface area contributed by atoms with E-state index in [2.05, 4.69) is 38.8 Å². The third-order valence-electron chi connectivity index (χ3n) is 5.50. The number of aromatic nitrogens is 4. The van der Waals surface area contributed by atoms with Gasteiger partial charge >= 0.3 is 0 Å². The van der Waals surface area contributed by atoms with Crippen LogP contribution in [0.2, 0.25) is 0 Å². The molecule has 0 radical (unpaired) electrons. The number of benzene rings is 1. The first-order valence-electron chi connectivity index (χ1n) is 11.0. The Bertz CT molecular complexity index is 1240. The number of nitrogens with one attached hydrogen (secondary N) is 2. The molecule has 0 saturated heterocycles. The fraction of sp³-hybridized carbons (Fsp3) is 0.280. The van der Waals surface area contributed by atoms with Gasteiger partial charge in [0.15, 0.2) is 11.5 Å². The zero-order valence-electron chi connectivity index (χ0n) is 18.2. The van der Waals surface area contributed by atoms with E-state index in [9.17, 15) is 4.79 Å². The van der Waals surface area contributed by atoms with Gasteiger partial charge in [0, 0.05) is 47.9 Å². The Morgan fingerprint density at radius 2 is 1.84 bits per heavy atom. The lowest BCUT2D eigenvalue weighted by Crippen LogP contribution is -2.25. The summed E-state index contributed by atoms with van der Waals surface area (Å²) in [5, 5.41) is 6.48. The van der Waals surface area contributed by atoms with Crippen molar-refractivity contribution in [1.29, 1.82) is 0 Å². The minimum Gasteiger partial charge on any atom is -0.367 e. The van der Waals surface area contributed by atoms with Crippen molar-refractivity contribution in [3.63, 3.8) is 0 Å². The summed E-state index contributed by atoms with van der Waals surface area (Å²) in [5.41, 5.74) is 5.20. The number of nitrogens with zero attached hydrogens (tertiary/aromatic N) is 4. The number of carbonyl (C=O) groups is 1. The smallest absolute Gasteiger partial charge is 0.251 e. The van der Waals surface area contributed by atoms with Gasteiger partial charge in [0.2, 0.25) is 0 Å². The van der Waals surface area contributed by atoms with Crippen LogP contribution in [0.25, 0.3) is 28.2 Å². The summed E-state index contributed by atoms with van der Waals surface area (Å²) >= 11 is 0. The van der Waals surface area contributed by atoms with E-state index in [0.29, 0.717) is 17.5 Å². The highest BCUT2D eigenvalue weighted by atomic mass is 16.1. The highest BCUT2D eigenvalue weighted by Crippen LogP contribution is 2.28. The zero-order valence-corrected chi connectivity index (χ0v) is 18.2. The molecule has 1 aromatic carbocycles. The Hall–Kier alpha value is -3.74. The lowest BCUT2D eigenvalue weighted by atomic mass is 10.1. The average Bonchev–Trinajstić information content (AvgIpc) is 3.53. The topological polar surface area (TPSA) is 84.2 Å². The summed E-state index contributed by atoms with van der Waals surface area (Å²) in [6, 6.07) is 11.9. The van der Waals surface area contributed by atoms with Gasteiger partial charge in [0.05, 0.1) is 17.6 Å². The summed E-state index contributed by atoms with van der Waals surface area (Å²) in [7, 11) is 0. The zero-order chi connectivity index (χ0) is 22.1. The molecule has 0 aliphatic heterocycles. The molecule has 3 heterocycles. The van der Waals surface area contributed by atoms with Crippen LogP contribution in [0.5, 0.6) is 0 Å². The lowest BCUT2D eigenvalue weighted by Gasteiger charge is -2.12. The lowest BCUT2D eigenvalue weighted by molar-refractivity contribution is 0.0951. The van der Waals surface area contributed by atoms with Crippen LogP contribution in [-0.2, 0) is 0 Å². The van der Waals surface area contributed by atoms with Gasteiger partial charge in [-0.2, -0.15) is 0 Å². The SMILES string of the molecule is CC(C)CNc1nc(-c2ccncc2)cn2c(-c3ccc(C(=O)NC4CC4)cc3)cnc12. The molecule has 3 aromatic heterocycles. The molecular formula is C25H26N6O. The van der Waals surface area contributed by atoms with Crippen molar-refractivity contribution in [3.8, 4) is 22.5 Å². The summed E-state index contributed by atoms with van der Waals surface area (Å²) in [5.74, 6) is 1.21. The van der Waals surface area contributed by atoms with Crippen molar-refractivity contribution in [3.05, 3.63) is 66.7 Å². The molecule has 7 nitrogen and oxygen atoms in total. The normalized spacial score (nSPS) is 13.5. The van der Waals surface area contributed by atoms with E-state index in [-0.39, 0.29) is 5.91 Å². The molecule has 162 valence electrons. The predicted molar refractivity (Wildman–Crippen MR) is 125 cm³/mol. The van der Waals surface area contributed by atoms with Gasteiger partial charge in [-0.05, 0) is 43.0 Å². The van der Waals surface area contributed by atoms with Crippen LogP contribution in [0.15, 0.2) is 61.2 Å². The summed E-state index contributed by atoms with van der Waals surface area (Å²) in [6.07, 6.45) is 9.54. The molecule has 7 heteroatoms. The van der Waals surface area contributed by atoms with Gasteiger partial charge in [0.25, 0.3) is 5.91 Å². The molecular weight excluding hydrogens is 400 g/mol. The van der Waals surface area contributed by atoms with Crippen LogP contribution in [0.1, 0.15) is 37.0 Å². The van der Waals surface area contributed by atoms with Gasteiger partial charge in [-0.25, -0.2) is 9.97 Å². The van der Waals surface area contributed by atoms with Crippen molar-refractivity contribution in [1.82, 2.24) is 24.7 Å². The number of hydrogen-bond donors (Lipinski definition) is 2. The van der Waals surface area contributed by atoms with E-state index in [4.69, 9.17) is 4.98 Å². The molecule has 1 aliphatic rings. The molecule has 5 rings (SSSR count). The molecule has 1 saturated carbocycles. The number of pyridine rings is 1. The molecule has 0 atom stereocenters. The number of hydrogen-bond acceptors (Lipinski definition) is 5. The maximum Gasteiger partial charge on any atom is 0.251 e. The number of fused-ring (bicyclic) bond motifs is 1. The largest absolute Gasteiger partial charge is 0.367 e. The Morgan fingerprint density at radius 3 is 2.53 bits per heavy atom. The van der Waals surface area contributed by atoms with Crippen molar-refractivity contribution < 1.29 is 4.79 Å². The van der Waals surface area contributed by atoms with Gasteiger partial charge in [-0.1, -0.05) is 26.0 Å². The molecule has 0 spiro atoms. The number of anilines is 1. The standard InChI is InChI=1S/C25H26N6O/c1-16(2)13-27-23-24-28-14-22(31(24)15-21(30-23)17-9-11-26-12-10-17)18-3-5-19(6-4-18)25(32)29-20-7-8-20/h3-6,9-12,14-16,20H,7-8,13H2,1-2H3,(H,27,30)(H,29,32). The maximum atomic E-state index is 12.3. The molecule has 1 amide bonds. The van der Waals surface area contributed by atoms with Crippen LogP contribution < -0.4 is 10.6 Å². The van der Waals surface area contributed by atoms with E-state index in [1.54, 1.807) is 12.4 Å². The first kappa shape index (κ1) is 20.2. The second-order valence-electron chi connectivity index (χ2n) is 8.65. The van der Waals surface area contributed by atoms with Crippen LogP contribution in [-0.4, -0.2) is 37.8 Å². The highest BCUT2D eigenvalue weighted by molar-refractivity contribution is 5.95. The van der Waals surface area contributed by atoms with Crippen molar-refractivity contribution in [2.24, 2.45) is 5.92 Å². The van der Waals surface area contributed by atoms with Gasteiger partial charge in [0.1, 0.15) is 0 Å². The molecule has 0 unspecified atom stereocenters. The van der Waals surface area contributed by atoms with Crippen LogP contribution in [0.3, 0.4) is 0 Å². The number of imidazole rings is 1. The Morgan fingerprint density at radius 1 is 1.09 bits per heavy atom. The van der Waals surface area contributed by atoms with E-state index in [0.717, 1.165) is 53.4 Å². The molecule has 1 fully saturated rings. The first-order chi connectivity index (χ1) is 15.6. The number of amides is 1. The highest BCUT2D eigenvalue weighted by Gasteiger charge is 2.23. The molecule has 32 heavy (non-hydrogen) atoms. The maximum absolute atomic E-state index is 12.3. The monoisotopic (exact) mass is 426 g/mol. The summed E-state index contributed by atoms with van der Waals surface area (Å²) in [4.78, 5) is 26.0. The van der Waals surface area contributed by atoms with Crippen LogP contribution in [0, 0.1) is 5.92 Å². The first-order valence-corrected chi connectivity index (χ1v) is 11.0. The van der Waals surface area contributed by atoms with Crippen LogP contribution >= 0.6 is 0 Å². The fourth-order valence-corrected chi connectivity index (χ4v) is 3.57. The second kappa shape index (κ2) is 8.42. The van der Waals surface area contributed by atoms with Crippen molar-refractivity contribution >= 4 is 17.4 Å². The van der Waals surface area contributed by atoms with Gasteiger partial charge in [-0.3, -0.25) is 14.2 Å². The summed E-state index contributed by atoms with van der Waals surface area (Å²) < 4.78 is 2.06. The minimum atomic E-state index is -0.0125. The molecule has 0 bridgehead atoms. The Labute approximate surface area is 186 Å². The fourth-order valence-electron chi connectivity index (χ4n) is 3.57. The number of rotatable bonds is 7. The van der Waals surface area contributed by atoms with Crippen LogP contribution in [0.4, 0.5) is 5.82 Å². The molecule has 2 N–H and O–H groups in total. The van der Waals surface area contributed by atoms with Crippen molar-refractivity contribution in [2.75, 3.05) is 11.9 Å². The predicted octanol–water partition coefficient (Wildman–Crippen LogP) is 4.42. The Kier molecular flexibility index (Phi) is 5.31. The Balaban J connectivity index is 1.54. The quantitative estimate of drug-likeness (QED) is 0.457. The van der Waals surface area contributed by atoms with E-state index >= 15 is 0 Å². The second-order valence-corrected chi connectivity index (χ2v) is 8.65. The summed E-state index contributed by atoms with van der Waals surface area (Å²) in [6.45, 7) is 5.12. The van der Waals surface area contributed by atoms with Crippen molar-refractivity contribution in [2.45, 2.75) is 32.7 Å². The third-order valence-corrected chi connectivity index (χ3v) is 5.50. The van der Waals surface area contributed by atoms with E-state index in [1.807, 2.05) is 48.8 Å². The number of carbonyl (C=O) groups excluding carboxylic acids is 1. The minimum absolute atomic E-state index is 0.0125. The van der Waals surface area contributed by atoms with E-state index < -0.39 is 0 Å². The molecule has 1 aliphatic carbocycles.